The van der Waals surface area contributed by atoms with E-state index in [1.54, 1.807) is 13.8 Å². The summed E-state index contributed by atoms with van der Waals surface area (Å²) < 4.78 is 18.9. The van der Waals surface area contributed by atoms with Gasteiger partial charge in [-0.25, -0.2) is 4.39 Å². The Bertz CT molecular complexity index is 444. The molecule has 3 nitrogen and oxygen atoms in total. The molecular formula is C12H14ClFO3. The molecule has 0 aliphatic heterocycles. The van der Waals surface area contributed by atoms with Crippen molar-refractivity contribution in [2.24, 2.45) is 0 Å². The van der Waals surface area contributed by atoms with Crippen molar-refractivity contribution >= 4 is 17.6 Å². The Kier molecular flexibility index (Phi) is 3.98. The van der Waals surface area contributed by atoms with Crippen molar-refractivity contribution in [2.45, 2.75) is 25.7 Å². The molecular weight excluding hydrogens is 247 g/mol. The van der Waals surface area contributed by atoms with Gasteiger partial charge in [-0.2, -0.15) is 0 Å². The molecule has 0 spiro atoms. The Morgan fingerprint density at radius 2 is 2.12 bits per heavy atom. The van der Waals surface area contributed by atoms with Crippen LogP contribution in [0.2, 0.25) is 5.02 Å². The third-order valence-corrected chi connectivity index (χ3v) is 2.86. The molecule has 1 aromatic rings. The first-order chi connectivity index (χ1) is 7.79. The maximum Gasteiger partial charge on any atom is 0.304 e. The summed E-state index contributed by atoms with van der Waals surface area (Å²) in [4.78, 5) is 10.8. The molecule has 17 heavy (non-hydrogen) atoms. The lowest BCUT2D eigenvalue weighted by Crippen LogP contribution is -2.24. The van der Waals surface area contributed by atoms with Crippen molar-refractivity contribution in [3.05, 3.63) is 28.5 Å². The number of aliphatic carboxylic acids is 1. The molecule has 0 radical (unpaired) electrons. The molecule has 0 unspecified atom stereocenters. The van der Waals surface area contributed by atoms with Gasteiger partial charge < -0.3 is 9.84 Å². The van der Waals surface area contributed by atoms with Gasteiger partial charge in [-0.15, -0.1) is 0 Å². The molecule has 0 aromatic heterocycles. The highest BCUT2D eigenvalue weighted by atomic mass is 35.5. The third kappa shape index (κ3) is 2.88. The van der Waals surface area contributed by atoms with Gasteiger partial charge in [-0.05, 0) is 12.1 Å². The molecule has 1 aromatic carbocycles. The zero-order valence-electron chi connectivity index (χ0n) is 9.88. The van der Waals surface area contributed by atoms with Gasteiger partial charge >= 0.3 is 5.97 Å². The fourth-order valence-corrected chi connectivity index (χ4v) is 2.18. The van der Waals surface area contributed by atoms with Gasteiger partial charge in [0.2, 0.25) is 0 Å². The number of halogens is 2. The average molecular weight is 261 g/mol. The Balaban J connectivity index is 3.33. The summed E-state index contributed by atoms with van der Waals surface area (Å²) in [6.07, 6.45) is -0.212. The van der Waals surface area contributed by atoms with Crippen LogP contribution in [0.4, 0.5) is 4.39 Å². The zero-order chi connectivity index (χ0) is 13.2. The van der Waals surface area contributed by atoms with Crippen molar-refractivity contribution < 1.29 is 19.0 Å². The fraction of sp³-hybridized carbons (Fsp3) is 0.417. The van der Waals surface area contributed by atoms with Crippen molar-refractivity contribution in [2.75, 3.05) is 7.11 Å². The minimum Gasteiger partial charge on any atom is -0.494 e. The molecule has 0 amide bonds. The molecule has 0 saturated carbocycles. The molecule has 1 N–H and O–H groups in total. The summed E-state index contributed by atoms with van der Waals surface area (Å²) in [5.41, 5.74) is -0.734. The Morgan fingerprint density at radius 3 is 2.59 bits per heavy atom. The monoisotopic (exact) mass is 260 g/mol. The van der Waals surface area contributed by atoms with Gasteiger partial charge in [-0.1, -0.05) is 25.4 Å². The van der Waals surface area contributed by atoms with Crippen LogP contribution in [0, 0.1) is 5.82 Å². The molecule has 94 valence electrons. The van der Waals surface area contributed by atoms with E-state index in [-0.39, 0.29) is 22.8 Å². The number of carboxylic acids is 1. The van der Waals surface area contributed by atoms with Gasteiger partial charge in [-0.3, -0.25) is 4.79 Å². The predicted octanol–water partition coefficient (Wildman–Crippen LogP) is 3.24. The second-order valence-electron chi connectivity index (χ2n) is 4.39. The number of hydrogen-bond donors (Lipinski definition) is 1. The first-order valence-corrected chi connectivity index (χ1v) is 5.41. The first kappa shape index (κ1) is 13.8. The highest BCUT2D eigenvalue weighted by molar-refractivity contribution is 6.31. The van der Waals surface area contributed by atoms with Crippen LogP contribution in [-0.4, -0.2) is 18.2 Å². The largest absolute Gasteiger partial charge is 0.494 e. The fourth-order valence-electron chi connectivity index (χ4n) is 1.78. The molecule has 0 atom stereocenters. The van der Waals surface area contributed by atoms with Crippen molar-refractivity contribution in [3.63, 3.8) is 0 Å². The maximum atomic E-state index is 14.1. The standard InChI is InChI=1S/C12H14ClFO3/c1-12(2,6-9(15)16)10-7(13)4-5-8(17-3)11(10)14/h4-5H,6H2,1-3H3,(H,15,16). The average Bonchev–Trinajstić information content (AvgIpc) is 2.15. The lowest BCUT2D eigenvalue weighted by molar-refractivity contribution is -0.138. The minimum atomic E-state index is -1.01. The molecule has 0 bridgehead atoms. The molecule has 0 aliphatic carbocycles. The third-order valence-electron chi connectivity index (χ3n) is 2.55. The summed E-state index contributed by atoms with van der Waals surface area (Å²) in [6.45, 7) is 3.26. The van der Waals surface area contributed by atoms with Gasteiger partial charge in [0.05, 0.1) is 13.5 Å². The molecule has 5 heteroatoms. The first-order valence-electron chi connectivity index (χ1n) is 5.04. The summed E-state index contributed by atoms with van der Waals surface area (Å²) in [5.74, 6) is -1.55. The highest BCUT2D eigenvalue weighted by Gasteiger charge is 2.31. The molecule has 1 rings (SSSR count). The second kappa shape index (κ2) is 4.92. The van der Waals surface area contributed by atoms with Crippen LogP contribution in [0.1, 0.15) is 25.8 Å². The summed E-state index contributed by atoms with van der Waals surface area (Å²) >= 11 is 5.94. The Morgan fingerprint density at radius 1 is 1.53 bits per heavy atom. The smallest absolute Gasteiger partial charge is 0.304 e. The van der Waals surface area contributed by atoms with E-state index in [9.17, 15) is 9.18 Å². The van der Waals surface area contributed by atoms with Gasteiger partial charge in [0.15, 0.2) is 11.6 Å². The highest BCUT2D eigenvalue weighted by Crippen LogP contribution is 2.38. The van der Waals surface area contributed by atoms with Crippen LogP contribution >= 0.6 is 11.6 Å². The van der Waals surface area contributed by atoms with Crippen molar-refractivity contribution in [1.29, 1.82) is 0 Å². The lowest BCUT2D eigenvalue weighted by atomic mass is 9.81. The SMILES string of the molecule is COc1ccc(Cl)c(C(C)(C)CC(=O)O)c1F. The van der Waals surface area contributed by atoms with E-state index in [0.29, 0.717) is 0 Å². The van der Waals surface area contributed by atoms with Crippen LogP contribution in [-0.2, 0) is 10.2 Å². The van der Waals surface area contributed by atoms with Gasteiger partial charge in [0.25, 0.3) is 0 Å². The van der Waals surface area contributed by atoms with E-state index in [0.717, 1.165) is 0 Å². The van der Waals surface area contributed by atoms with Crippen LogP contribution in [0.25, 0.3) is 0 Å². The predicted molar refractivity (Wildman–Crippen MR) is 63.2 cm³/mol. The summed E-state index contributed by atoms with van der Waals surface area (Å²) in [5, 5.41) is 9.03. The molecule has 0 saturated heterocycles. The maximum absolute atomic E-state index is 14.1. The van der Waals surface area contributed by atoms with Gasteiger partial charge in [0.1, 0.15) is 0 Å². The van der Waals surface area contributed by atoms with Crippen LogP contribution in [0.15, 0.2) is 12.1 Å². The molecule has 0 heterocycles. The summed E-state index contributed by atoms with van der Waals surface area (Å²) in [6, 6.07) is 2.92. The van der Waals surface area contributed by atoms with Crippen LogP contribution in [0.3, 0.4) is 0 Å². The number of ether oxygens (including phenoxy) is 1. The van der Waals surface area contributed by atoms with E-state index in [2.05, 4.69) is 0 Å². The van der Waals surface area contributed by atoms with Crippen molar-refractivity contribution in [1.82, 2.24) is 0 Å². The Hall–Kier alpha value is -1.29. The quantitative estimate of drug-likeness (QED) is 0.904. The number of benzene rings is 1. The van der Waals surface area contributed by atoms with Crippen molar-refractivity contribution in [3.8, 4) is 5.75 Å². The second-order valence-corrected chi connectivity index (χ2v) is 4.80. The Labute approximate surface area is 104 Å². The number of hydrogen-bond acceptors (Lipinski definition) is 2. The van der Waals surface area contributed by atoms with E-state index in [1.165, 1.54) is 19.2 Å². The van der Waals surface area contributed by atoms with E-state index in [1.807, 2.05) is 0 Å². The molecule has 0 aliphatic rings. The number of rotatable bonds is 4. The van der Waals surface area contributed by atoms with E-state index >= 15 is 0 Å². The van der Waals surface area contributed by atoms with E-state index < -0.39 is 17.2 Å². The van der Waals surface area contributed by atoms with Gasteiger partial charge in [0, 0.05) is 16.0 Å². The topological polar surface area (TPSA) is 46.5 Å². The lowest BCUT2D eigenvalue weighted by Gasteiger charge is -2.25. The summed E-state index contributed by atoms with van der Waals surface area (Å²) in [7, 11) is 1.35. The molecule has 0 fully saturated rings. The van der Waals surface area contributed by atoms with E-state index in [4.69, 9.17) is 21.4 Å². The van der Waals surface area contributed by atoms with Crippen LogP contribution < -0.4 is 4.74 Å². The number of methoxy groups -OCH3 is 1. The number of carboxylic acid groups (broad SMARTS) is 1. The minimum absolute atomic E-state index is 0.0582. The zero-order valence-corrected chi connectivity index (χ0v) is 10.6. The van der Waals surface area contributed by atoms with Crippen LogP contribution in [0.5, 0.6) is 5.75 Å². The normalized spacial score (nSPS) is 11.4. The number of carbonyl (C=O) groups is 1.